The van der Waals surface area contributed by atoms with E-state index in [9.17, 15) is 4.79 Å². The van der Waals surface area contributed by atoms with E-state index in [4.69, 9.17) is 4.42 Å². The molecule has 0 bridgehead atoms. The minimum atomic E-state index is -0.127. The highest BCUT2D eigenvalue weighted by molar-refractivity contribution is 5.95. The SMILES string of the molecule is Cc1cc(C(=O)NCCc2nnc3ccccn23)c(C)o1. The number of pyridine rings is 1. The molecule has 3 aromatic rings. The van der Waals surface area contributed by atoms with Gasteiger partial charge in [-0.2, -0.15) is 0 Å². The molecule has 0 unspecified atom stereocenters. The Morgan fingerprint density at radius 3 is 2.95 bits per heavy atom. The van der Waals surface area contributed by atoms with Gasteiger partial charge in [0, 0.05) is 19.2 Å². The zero-order chi connectivity index (χ0) is 14.8. The lowest BCUT2D eigenvalue weighted by Crippen LogP contribution is -2.26. The van der Waals surface area contributed by atoms with Crippen LogP contribution in [0.25, 0.3) is 5.65 Å². The molecule has 0 spiro atoms. The first kappa shape index (κ1) is 13.4. The molecular weight excluding hydrogens is 268 g/mol. The molecule has 0 aliphatic carbocycles. The maximum atomic E-state index is 12.1. The second kappa shape index (κ2) is 5.40. The molecule has 6 heteroatoms. The van der Waals surface area contributed by atoms with Crippen molar-refractivity contribution in [1.29, 1.82) is 0 Å². The first-order valence-corrected chi connectivity index (χ1v) is 6.79. The Kier molecular flexibility index (Phi) is 3.43. The maximum Gasteiger partial charge on any atom is 0.254 e. The number of hydrogen-bond acceptors (Lipinski definition) is 4. The molecule has 3 rings (SSSR count). The van der Waals surface area contributed by atoms with Crippen molar-refractivity contribution in [3.05, 3.63) is 53.4 Å². The van der Waals surface area contributed by atoms with E-state index >= 15 is 0 Å². The average molecular weight is 284 g/mol. The Labute approximate surface area is 121 Å². The summed E-state index contributed by atoms with van der Waals surface area (Å²) in [5, 5.41) is 11.1. The largest absolute Gasteiger partial charge is 0.466 e. The van der Waals surface area contributed by atoms with Gasteiger partial charge in [0.1, 0.15) is 17.3 Å². The molecule has 0 saturated heterocycles. The van der Waals surface area contributed by atoms with Crippen LogP contribution < -0.4 is 5.32 Å². The third kappa shape index (κ3) is 2.65. The number of aromatic nitrogens is 3. The van der Waals surface area contributed by atoms with Crippen molar-refractivity contribution in [3.63, 3.8) is 0 Å². The summed E-state index contributed by atoms with van der Waals surface area (Å²) in [4.78, 5) is 12.1. The Hall–Kier alpha value is -2.63. The number of nitrogens with zero attached hydrogens (tertiary/aromatic N) is 3. The molecule has 1 amide bonds. The lowest BCUT2D eigenvalue weighted by Gasteiger charge is -2.03. The van der Waals surface area contributed by atoms with Crippen LogP contribution in [0.2, 0.25) is 0 Å². The molecule has 3 heterocycles. The first-order valence-electron chi connectivity index (χ1n) is 6.79. The number of amides is 1. The summed E-state index contributed by atoms with van der Waals surface area (Å²) in [6.45, 7) is 4.11. The van der Waals surface area contributed by atoms with Crippen molar-refractivity contribution in [2.75, 3.05) is 6.54 Å². The fraction of sp³-hybridized carbons (Fsp3) is 0.267. The van der Waals surface area contributed by atoms with Crippen molar-refractivity contribution in [2.24, 2.45) is 0 Å². The Bertz CT molecular complexity index is 788. The highest BCUT2D eigenvalue weighted by Gasteiger charge is 2.13. The van der Waals surface area contributed by atoms with Crippen LogP contribution in [0.4, 0.5) is 0 Å². The summed E-state index contributed by atoms with van der Waals surface area (Å²) >= 11 is 0. The van der Waals surface area contributed by atoms with Gasteiger partial charge in [-0.05, 0) is 32.0 Å². The van der Waals surface area contributed by atoms with Gasteiger partial charge in [-0.3, -0.25) is 9.20 Å². The molecule has 1 N–H and O–H groups in total. The Morgan fingerprint density at radius 1 is 1.33 bits per heavy atom. The predicted octanol–water partition coefficient (Wildman–Crippen LogP) is 1.91. The van der Waals surface area contributed by atoms with E-state index in [2.05, 4.69) is 15.5 Å². The second-order valence-electron chi connectivity index (χ2n) is 4.88. The summed E-state index contributed by atoms with van der Waals surface area (Å²) < 4.78 is 7.27. The molecule has 0 radical (unpaired) electrons. The van der Waals surface area contributed by atoms with Crippen molar-refractivity contribution < 1.29 is 9.21 Å². The van der Waals surface area contributed by atoms with E-state index in [0.29, 0.717) is 24.3 Å². The summed E-state index contributed by atoms with van der Waals surface area (Å²) in [6, 6.07) is 7.49. The topological polar surface area (TPSA) is 72.4 Å². The number of hydrogen-bond donors (Lipinski definition) is 1. The van der Waals surface area contributed by atoms with E-state index in [1.54, 1.807) is 13.0 Å². The lowest BCUT2D eigenvalue weighted by atomic mass is 10.2. The minimum Gasteiger partial charge on any atom is -0.466 e. The van der Waals surface area contributed by atoms with Crippen LogP contribution in [0.1, 0.15) is 27.7 Å². The normalized spacial score (nSPS) is 11.0. The van der Waals surface area contributed by atoms with Crippen LogP contribution in [0, 0.1) is 13.8 Å². The third-order valence-corrected chi connectivity index (χ3v) is 3.30. The number of carbonyl (C=O) groups is 1. The minimum absolute atomic E-state index is 0.127. The van der Waals surface area contributed by atoms with Gasteiger partial charge in [0.15, 0.2) is 5.65 Å². The molecule has 21 heavy (non-hydrogen) atoms. The number of rotatable bonds is 4. The summed E-state index contributed by atoms with van der Waals surface area (Å²) in [5.74, 6) is 2.07. The summed E-state index contributed by atoms with van der Waals surface area (Å²) in [7, 11) is 0. The zero-order valence-electron chi connectivity index (χ0n) is 12.0. The quantitative estimate of drug-likeness (QED) is 0.794. The van der Waals surface area contributed by atoms with E-state index in [1.807, 2.05) is 35.7 Å². The van der Waals surface area contributed by atoms with Gasteiger partial charge in [0.25, 0.3) is 5.91 Å². The Balaban J connectivity index is 1.64. The molecule has 6 nitrogen and oxygen atoms in total. The summed E-state index contributed by atoms with van der Waals surface area (Å²) in [5.41, 5.74) is 1.39. The van der Waals surface area contributed by atoms with Crippen LogP contribution >= 0.6 is 0 Å². The first-order chi connectivity index (χ1) is 10.1. The number of fused-ring (bicyclic) bond motifs is 1. The molecule has 3 aromatic heterocycles. The molecule has 0 atom stereocenters. The average Bonchev–Trinajstić information content (AvgIpc) is 3.02. The van der Waals surface area contributed by atoms with Gasteiger partial charge in [-0.15, -0.1) is 10.2 Å². The van der Waals surface area contributed by atoms with Crippen molar-refractivity contribution in [2.45, 2.75) is 20.3 Å². The van der Waals surface area contributed by atoms with Crippen LogP contribution in [0.5, 0.6) is 0 Å². The van der Waals surface area contributed by atoms with Gasteiger partial charge in [0.05, 0.1) is 5.56 Å². The number of furan rings is 1. The Morgan fingerprint density at radius 2 is 2.19 bits per heavy atom. The number of carbonyl (C=O) groups excluding carboxylic acids is 1. The van der Waals surface area contributed by atoms with E-state index in [1.165, 1.54) is 0 Å². The van der Waals surface area contributed by atoms with Crippen molar-refractivity contribution >= 4 is 11.6 Å². The van der Waals surface area contributed by atoms with Gasteiger partial charge in [-0.1, -0.05) is 6.07 Å². The van der Waals surface area contributed by atoms with E-state index in [-0.39, 0.29) is 5.91 Å². The number of aryl methyl sites for hydroxylation is 2. The summed E-state index contributed by atoms with van der Waals surface area (Å²) in [6.07, 6.45) is 2.53. The van der Waals surface area contributed by atoms with Crippen molar-refractivity contribution in [3.8, 4) is 0 Å². The van der Waals surface area contributed by atoms with Gasteiger partial charge in [0.2, 0.25) is 0 Å². The van der Waals surface area contributed by atoms with E-state index < -0.39 is 0 Å². The fourth-order valence-corrected chi connectivity index (χ4v) is 2.30. The van der Waals surface area contributed by atoms with Crippen LogP contribution in [0.3, 0.4) is 0 Å². The third-order valence-electron chi connectivity index (χ3n) is 3.30. The van der Waals surface area contributed by atoms with Gasteiger partial charge >= 0.3 is 0 Å². The van der Waals surface area contributed by atoms with Gasteiger partial charge < -0.3 is 9.73 Å². The van der Waals surface area contributed by atoms with Crippen molar-refractivity contribution in [1.82, 2.24) is 19.9 Å². The predicted molar refractivity (Wildman–Crippen MR) is 77.2 cm³/mol. The zero-order valence-corrected chi connectivity index (χ0v) is 12.0. The van der Waals surface area contributed by atoms with E-state index in [0.717, 1.165) is 17.2 Å². The fourth-order valence-electron chi connectivity index (χ4n) is 2.30. The lowest BCUT2D eigenvalue weighted by molar-refractivity contribution is 0.0952. The monoisotopic (exact) mass is 284 g/mol. The highest BCUT2D eigenvalue weighted by atomic mass is 16.3. The van der Waals surface area contributed by atoms with Crippen LogP contribution in [0.15, 0.2) is 34.9 Å². The molecule has 0 aliphatic rings. The molecule has 0 fully saturated rings. The second-order valence-corrected chi connectivity index (χ2v) is 4.88. The highest BCUT2D eigenvalue weighted by Crippen LogP contribution is 2.13. The molecule has 0 aromatic carbocycles. The molecule has 0 aliphatic heterocycles. The number of nitrogens with one attached hydrogen (secondary N) is 1. The van der Waals surface area contributed by atoms with Gasteiger partial charge in [-0.25, -0.2) is 0 Å². The van der Waals surface area contributed by atoms with Crippen LogP contribution in [-0.4, -0.2) is 27.0 Å². The molecule has 108 valence electrons. The standard InChI is InChI=1S/C15H16N4O2/c1-10-9-12(11(2)21-10)15(20)16-7-6-14-18-17-13-5-3-4-8-19(13)14/h3-5,8-9H,6-7H2,1-2H3,(H,16,20). The molecule has 0 saturated carbocycles. The van der Waals surface area contributed by atoms with Crippen LogP contribution in [-0.2, 0) is 6.42 Å². The molecular formula is C15H16N4O2. The smallest absolute Gasteiger partial charge is 0.254 e. The maximum absolute atomic E-state index is 12.1.